The summed E-state index contributed by atoms with van der Waals surface area (Å²) >= 11 is 6.30. The monoisotopic (exact) mass is 542 g/mol. The van der Waals surface area contributed by atoms with E-state index in [0.717, 1.165) is 11.1 Å². The predicted octanol–water partition coefficient (Wildman–Crippen LogP) is 5.95. The molecule has 0 aliphatic carbocycles. The normalized spacial score (nSPS) is 12.4. The average Bonchev–Trinajstić information content (AvgIpc) is 3.29. The van der Waals surface area contributed by atoms with Gasteiger partial charge in [0.15, 0.2) is 0 Å². The SMILES string of the molecule is Cc1ccc(C(=O)N(CCN)C(c2nc3c(oc4ccc(Cl)cc43)c(=O)n2Cc2ccccc2)C(C)C)cc1. The molecular weight excluding hydrogens is 512 g/mol. The summed E-state index contributed by atoms with van der Waals surface area (Å²) in [5, 5.41) is 1.17. The number of aryl methyl sites for hydroxylation is 1. The third-order valence-electron chi connectivity index (χ3n) is 6.91. The molecule has 1 unspecified atom stereocenters. The predicted molar refractivity (Wildman–Crippen MR) is 155 cm³/mol. The first-order valence-corrected chi connectivity index (χ1v) is 13.4. The summed E-state index contributed by atoms with van der Waals surface area (Å²) in [6, 6.07) is 21.8. The van der Waals surface area contributed by atoms with Crippen LogP contribution in [0.5, 0.6) is 0 Å². The number of fused-ring (bicyclic) bond motifs is 3. The Morgan fingerprint density at radius 1 is 1.08 bits per heavy atom. The summed E-state index contributed by atoms with van der Waals surface area (Å²) in [4.78, 5) is 34.8. The third-order valence-corrected chi connectivity index (χ3v) is 7.15. The Hall–Kier alpha value is -3.94. The van der Waals surface area contributed by atoms with E-state index in [2.05, 4.69) is 0 Å². The van der Waals surface area contributed by atoms with Crippen molar-refractivity contribution >= 4 is 39.6 Å². The Balaban J connectivity index is 1.76. The lowest BCUT2D eigenvalue weighted by atomic mass is 9.99. The van der Waals surface area contributed by atoms with E-state index in [1.807, 2.05) is 75.4 Å². The van der Waals surface area contributed by atoms with Gasteiger partial charge in [-0.05, 0) is 48.7 Å². The highest BCUT2D eigenvalue weighted by molar-refractivity contribution is 6.31. The smallest absolute Gasteiger partial charge is 0.297 e. The molecule has 0 fully saturated rings. The zero-order valence-electron chi connectivity index (χ0n) is 22.2. The van der Waals surface area contributed by atoms with E-state index < -0.39 is 6.04 Å². The maximum Gasteiger partial charge on any atom is 0.297 e. The number of nitrogens with zero attached hydrogens (tertiary/aromatic N) is 3. The van der Waals surface area contributed by atoms with Crippen molar-refractivity contribution in [2.75, 3.05) is 13.1 Å². The number of hydrogen-bond acceptors (Lipinski definition) is 5. The minimum Gasteiger partial charge on any atom is -0.448 e. The van der Waals surface area contributed by atoms with Gasteiger partial charge in [0.2, 0.25) is 5.58 Å². The van der Waals surface area contributed by atoms with E-state index in [0.29, 0.717) is 39.4 Å². The van der Waals surface area contributed by atoms with Gasteiger partial charge in [0.25, 0.3) is 11.5 Å². The molecule has 3 aromatic carbocycles. The molecule has 1 atom stereocenters. The summed E-state index contributed by atoms with van der Waals surface area (Å²) in [6.45, 7) is 6.84. The molecule has 200 valence electrons. The average molecular weight is 543 g/mol. The molecule has 0 bridgehead atoms. The van der Waals surface area contributed by atoms with Crippen LogP contribution in [0.3, 0.4) is 0 Å². The van der Waals surface area contributed by atoms with E-state index in [-0.39, 0.29) is 36.1 Å². The Kier molecular flexibility index (Phi) is 7.55. The van der Waals surface area contributed by atoms with Gasteiger partial charge in [-0.3, -0.25) is 14.2 Å². The van der Waals surface area contributed by atoms with Gasteiger partial charge in [-0.1, -0.05) is 73.5 Å². The van der Waals surface area contributed by atoms with Crippen LogP contribution >= 0.6 is 11.6 Å². The lowest BCUT2D eigenvalue weighted by Gasteiger charge is -2.35. The fourth-order valence-corrected chi connectivity index (χ4v) is 5.20. The van der Waals surface area contributed by atoms with Gasteiger partial charge in [-0.15, -0.1) is 0 Å². The molecule has 0 aliphatic heterocycles. The second kappa shape index (κ2) is 11.0. The highest BCUT2D eigenvalue weighted by Crippen LogP contribution is 2.33. The van der Waals surface area contributed by atoms with Crippen molar-refractivity contribution in [2.45, 2.75) is 33.4 Å². The maximum absolute atomic E-state index is 14.1. The molecule has 1 amide bonds. The van der Waals surface area contributed by atoms with Crippen LogP contribution in [0.4, 0.5) is 0 Å². The molecular formula is C31H31ClN4O3. The van der Waals surface area contributed by atoms with Crippen molar-refractivity contribution in [3.8, 4) is 0 Å². The number of furan rings is 1. The van der Waals surface area contributed by atoms with Crippen LogP contribution in [0.1, 0.15) is 47.2 Å². The first-order valence-electron chi connectivity index (χ1n) is 13.0. The number of halogens is 1. The summed E-state index contributed by atoms with van der Waals surface area (Å²) in [7, 11) is 0. The number of carbonyl (C=O) groups excluding carboxylic acids is 1. The van der Waals surface area contributed by atoms with Crippen molar-refractivity contribution < 1.29 is 9.21 Å². The highest BCUT2D eigenvalue weighted by Gasteiger charge is 2.33. The first kappa shape index (κ1) is 26.7. The van der Waals surface area contributed by atoms with Crippen molar-refractivity contribution in [3.63, 3.8) is 0 Å². The van der Waals surface area contributed by atoms with E-state index in [4.69, 9.17) is 26.7 Å². The number of benzene rings is 3. The highest BCUT2D eigenvalue weighted by atomic mass is 35.5. The number of amides is 1. The van der Waals surface area contributed by atoms with E-state index in [1.165, 1.54) is 0 Å². The molecule has 39 heavy (non-hydrogen) atoms. The van der Waals surface area contributed by atoms with Crippen molar-refractivity contribution in [2.24, 2.45) is 11.7 Å². The van der Waals surface area contributed by atoms with Crippen LogP contribution in [0.25, 0.3) is 22.1 Å². The van der Waals surface area contributed by atoms with E-state index >= 15 is 0 Å². The topological polar surface area (TPSA) is 94.4 Å². The van der Waals surface area contributed by atoms with Crippen LogP contribution in [0, 0.1) is 12.8 Å². The molecule has 7 nitrogen and oxygen atoms in total. The Morgan fingerprint density at radius 2 is 1.79 bits per heavy atom. The van der Waals surface area contributed by atoms with Crippen molar-refractivity contribution in [1.82, 2.24) is 14.5 Å². The molecule has 5 aromatic rings. The van der Waals surface area contributed by atoms with Gasteiger partial charge in [-0.2, -0.15) is 0 Å². The molecule has 0 radical (unpaired) electrons. The van der Waals surface area contributed by atoms with Gasteiger partial charge < -0.3 is 15.1 Å². The van der Waals surface area contributed by atoms with Gasteiger partial charge in [0.1, 0.15) is 16.9 Å². The lowest BCUT2D eigenvalue weighted by Crippen LogP contribution is -2.43. The van der Waals surface area contributed by atoms with E-state index in [9.17, 15) is 9.59 Å². The maximum atomic E-state index is 14.1. The second-order valence-corrected chi connectivity index (χ2v) is 10.5. The number of nitrogens with two attached hydrogens (primary N) is 1. The van der Waals surface area contributed by atoms with E-state index in [1.54, 1.807) is 27.7 Å². The Bertz CT molecular complexity index is 1690. The third kappa shape index (κ3) is 5.20. The molecule has 0 saturated carbocycles. The van der Waals surface area contributed by atoms with Crippen LogP contribution < -0.4 is 11.3 Å². The zero-order chi connectivity index (χ0) is 27.7. The summed E-state index contributed by atoms with van der Waals surface area (Å²) in [6.07, 6.45) is 0. The van der Waals surface area contributed by atoms with Crippen molar-refractivity contribution in [1.29, 1.82) is 0 Å². The second-order valence-electron chi connectivity index (χ2n) is 10.1. The summed E-state index contributed by atoms with van der Waals surface area (Å²) < 4.78 is 7.62. The molecule has 2 aromatic heterocycles. The minimum atomic E-state index is -0.535. The molecule has 0 saturated heterocycles. The fourth-order valence-electron chi connectivity index (χ4n) is 5.02. The summed E-state index contributed by atoms with van der Waals surface area (Å²) in [5.74, 6) is 0.224. The Morgan fingerprint density at radius 3 is 2.46 bits per heavy atom. The van der Waals surface area contributed by atoms with Gasteiger partial charge in [0, 0.05) is 29.1 Å². The molecule has 2 heterocycles. The minimum absolute atomic E-state index is 0.0842. The van der Waals surface area contributed by atoms with Gasteiger partial charge in [0.05, 0.1) is 12.6 Å². The fraction of sp³-hybridized carbons (Fsp3) is 0.258. The standard InChI is InChI=1S/C31H31ClN4O3/c1-19(2)27(35(16-15-33)30(37)22-11-9-20(3)10-12-22)29-34-26-24-17-23(32)13-14-25(24)39-28(26)31(38)36(29)18-21-7-5-4-6-8-21/h4-14,17,19,27H,15-16,18,33H2,1-3H3. The van der Waals surface area contributed by atoms with Gasteiger partial charge >= 0.3 is 0 Å². The van der Waals surface area contributed by atoms with Crippen LogP contribution in [-0.2, 0) is 6.54 Å². The zero-order valence-corrected chi connectivity index (χ0v) is 23.0. The summed E-state index contributed by atoms with van der Waals surface area (Å²) in [5.41, 5.74) is 9.37. The number of carbonyl (C=O) groups is 1. The Labute approximate surface area is 231 Å². The molecule has 0 spiro atoms. The largest absolute Gasteiger partial charge is 0.448 e. The first-order chi connectivity index (χ1) is 18.8. The van der Waals surface area contributed by atoms with Crippen LogP contribution in [0.2, 0.25) is 5.02 Å². The van der Waals surface area contributed by atoms with Crippen molar-refractivity contribution in [3.05, 3.63) is 111 Å². The molecule has 0 aliphatic rings. The molecule has 8 heteroatoms. The number of hydrogen-bond donors (Lipinski definition) is 1. The number of rotatable bonds is 8. The molecule has 5 rings (SSSR count). The van der Waals surface area contributed by atoms with Crippen LogP contribution in [0.15, 0.2) is 82.0 Å². The van der Waals surface area contributed by atoms with Gasteiger partial charge in [-0.25, -0.2) is 4.98 Å². The molecule has 2 N–H and O–H groups in total. The quantitative estimate of drug-likeness (QED) is 0.261. The number of aromatic nitrogens is 2. The van der Waals surface area contributed by atoms with Crippen LogP contribution in [-0.4, -0.2) is 33.4 Å². The lowest BCUT2D eigenvalue weighted by molar-refractivity contribution is 0.0612.